The molecule has 0 spiro atoms. The highest BCUT2D eigenvalue weighted by atomic mass is 35.5. The molecule has 1 aliphatic heterocycles. The molecule has 0 aromatic heterocycles. The van der Waals surface area contributed by atoms with Crippen LogP contribution in [0, 0.1) is 0 Å². The Balaban J connectivity index is 0. The van der Waals surface area contributed by atoms with Crippen molar-refractivity contribution in [3.63, 3.8) is 0 Å². The third kappa shape index (κ3) is 7.67. The molecule has 1 amide bonds. The summed E-state index contributed by atoms with van der Waals surface area (Å²) >= 11 is 0. The van der Waals surface area contributed by atoms with Gasteiger partial charge in [0.05, 0.1) is 5.54 Å². The van der Waals surface area contributed by atoms with Crippen molar-refractivity contribution < 1.29 is 4.79 Å². The molecule has 0 saturated carbocycles. The van der Waals surface area contributed by atoms with Gasteiger partial charge in [-0.3, -0.25) is 9.69 Å². The van der Waals surface area contributed by atoms with Crippen LogP contribution in [0.1, 0.15) is 52.9 Å². The van der Waals surface area contributed by atoms with Crippen LogP contribution in [-0.4, -0.2) is 42.0 Å². The van der Waals surface area contributed by atoms with Crippen LogP contribution in [0.4, 0.5) is 0 Å². The van der Waals surface area contributed by atoms with Gasteiger partial charge < -0.3 is 11.1 Å². The number of hydrogen-bond donors (Lipinski definition) is 2. The maximum absolute atomic E-state index is 11.8. The number of hydrogen-bond acceptors (Lipinski definition) is 3. The summed E-state index contributed by atoms with van der Waals surface area (Å²) in [6, 6.07) is 0.497. The fraction of sp³-hybridized carbons (Fsp3) is 0.929. The highest BCUT2D eigenvalue weighted by Crippen LogP contribution is 2.17. The molecule has 4 nitrogen and oxygen atoms in total. The van der Waals surface area contributed by atoms with E-state index < -0.39 is 5.54 Å². The van der Waals surface area contributed by atoms with E-state index in [1.165, 1.54) is 38.6 Å². The van der Waals surface area contributed by atoms with E-state index in [4.69, 9.17) is 5.73 Å². The van der Waals surface area contributed by atoms with Gasteiger partial charge in [-0.25, -0.2) is 0 Å². The van der Waals surface area contributed by atoms with Crippen LogP contribution in [0.5, 0.6) is 0 Å². The number of nitrogens with two attached hydrogens (primary N) is 1. The van der Waals surface area contributed by atoms with E-state index >= 15 is 0 Å². The van der Waals surface area contributed by atoms with Crippen LogP contribution in [0.25, 0.3) is 0 Å². The first-order valence-corrected chi connectivity index (χ1v) is 7.26. The quantitative estimate of drug-likeness (QED) is 0.787. The normalized spacial score (nSPS) is 19.7. The number of nitrogens with zero attached hydrogens (tertiary/aromatic N) is 1. The van der Waals surface area contributed by atoms with E-state index in [0.717, 1.165) is 13.1 Å². The Morgan fingerprint density at radius 2 is 2.00 bits per heavy atom. The van der Waals surface area contributed by atoms with Gasteiger partial charge in [0.25, 0.3) is 0 Å². The van der Waals surface area contributed by atoms with Gasteiger partial charge in [-0.15, -0.1) is 24.8 Å². The fourth-order valence-corrected chi connectivity index (χ4v) is 2.39. The van der Waals surface area contributed by atoms with Crippen molar-refractivity contribution in [3.05, 3.63) is 0 Å². The average molecular weight is 328 g/mol. The predicted molar refractivity (Wildman–Crippen MR) is 89.9 cm³/mol. The third-order valence-corrected chi connectivity index (χ3v) is 3.63. The first-order chi connectivity index (χ1) is 8.45. The van der Waals surface area contributed by atoms with E-state index in [0.29, 0.717) is 6.04 Å². The van der Waals surface area contributed by atoms with Gasteiger partial charge in [0.1, 0.15) is 0 Å². The largest absolute Gasteiger partial charge is 0.353 e. The highest BCUT2D eigenvalue weighted by Gasteiger charge is 2.25. The molecular weight excluding hydrogens is 297 g/mol. The van der Waals surface area contributed by atoms with Crippen molar-refractivity contribution in [1.82, 2.24) is 10.2 Å². The summed E-state index contributed by atoms with van der Waals surface area (Å²) < 4.78 is 0. The Morgan fingerprint density at radius 1 is 1.35 bits per heavy atom. The summed E-state index contributed by atoms with van der Waals surface area (Å²) in [6.45, 7) is 8.78. The number of nitrogens with one attached hydrogen (secondary N) is 1. The zero-order valence-corrected chi connectivity index (χ0v) is 14.6. The molecule has 0 radical (unpaired) electrons. The third-order valence-electron chi connectivity index (χ3n) is 3.63. The van der Waals surface area contributed by atoms with Gasteiger partial charge in [-0.2, -0.15) is 0 Å². The maximum Gasteiger partial charge on any atom is 0.239 e. The zero-order valence-electron chi connectivity index (χ0n) is 13.0. The molecule has 122 valence electrons. The van der Waals surface area contributed by atoms with E-state index in [2.05, 4.69) is 17.1 Å². The van der Waals surface area contributed by atoms with Crippen LogP contribution < -0.4 is 11.1 Å². The number of carbonyl (C=O) groups is 1. The van der Waals surface area contributed by atoms with Crippen molar-refractivity contribution >= 4 is 30.7 Å². The number of unbranched alkanes of at least 4 members (excludes halogenated alkanes) is 1. The first kappa shape index (κ1) is 22.3. The highest BCUT2D eigenvalue weighted by molar-refractivity contribution is 5.85. The Labute approximate surface area is 136 Å². The molecule has 6 heteroatoms. The molecule has 1 atom stereocenters. The summed E-state index contributed by atoms with van der Waals surface area (Å²) in [4.78, 5) is 14.3. The topological polar surface area (TPSA) is 58.4 Å². The van der Waals surface area contributed by atoms with Crippen LogP contribution in [-0.2, 0) is 4.79 Å². The van der Waals surface area contributed by atoms with Gasteiger partial charge in [0.15, 0.2) is 0 Å². The maximum atomic E-state index is 11.8. The first-order valence-electron chi connectivity index (χ1n) is 7.26. The molecule has 1 unspecified atom stereocenters. The van der Waals surface area contributed by atoms with Gasteiger partial charge in [0, 0.05) is 12.6 Å². The molecule has 0 aliphatic carbocycles. The van der Waals surface area contributed by atoms with Crippen LogP contribution in [0.3, 0.4) is 0 Å². The molecule has 1 fully saturated rings. The Morgan fingerprint density at radius 3 is 2.55 bits per heavy atom. The lowest BCUT2D eigenvalue weighted by atomic mass is 10.0. The predicted octanol–water partition coefficient (Wildman–Crippen LogP) is 2.34. The summed E-state index contributed by atoms with van der Waals surface area (Å²) in [5.41, 5.74) is 5.01. The molecular formula is C14H31Cl2N3O. The molecule has 20 heavy (non-hydrogen) atoms. The second-order valence-corrected chi connectivity index (χ2v) is 5.97. The van der Waals surface area contributed by atoms with Gasteiger partial charge in [0.2, 0.25) is 5.91 Å². The van der Waals surface area contributed by atoms with Crippen molar-refractivity contribution in [2.45, 2.75) is 64.5 Å². The minimum Gasteiger partial charge on any atom is -0.353 e. The zero-order chi connectivity index (χ0) is 13.6. The minimum absolute atomic E-state index is 0. The van der Waals surface area contributed by atoms with Gasteiger partial charge >= 0.3 is 0 Å². The summed E-state index contributed by atoms with van der Waals surface area (Å²) in [5.74, 6) is -0.0523. The fourth-order valence-electron chi connectivity index (χ4n) is 2.39. The smallest absolute Gasteiger partial charge is 0.239 e. The van der Waals surface area contributed by atoms with Crippen LogP contribution in [0.2, 0.25) is 0 Å². The number of likely N-dealkylation sites (tertiary alicyclic amines) is 1. The van der Waals surface area contributed by atoms with Gasteiger partial charge in [-0.1, -0.05) is 19.8 Å². The molecule has 1 aliphatic rings. The second kappa shape index (κ2) is 10.7. The van der Waals surface area contributed by atoms with Crippen LogP contribution >= 0.6 is 24.8 Å². The summed E-state index contributed by atoms with van der Waals surface area (Å²) in [6.07, 6.45) is 6.22. The number of amides is 1. The summed E-state index contributed by atoms with van der Waals surface area (Å²) in [7, 11) is 0. The SMILES string of the molecule is CCCCN1CCCCC1CNC(=O)C(C)(C)N.Cl.Cl. The molecule has 1 rings (SSSR count). The Bertz CT molecular complexity index is 270. The lowest BCUT2D eigenvalue weighted by molar-refractivity contribution is -0.125. The van der Waals surface area contributed by atoms with Crippen molar-refractivity contribution in [3.8, 4) is 0 Å². The summed E-state index contributed by atoms with van der Waals surface area (Å²) in [5, 5.41) is 2.99. The van der Waals surface area contributed by atoms with E-state index in [-0.39, 0.29) is 30.7 Å². The molecule has 1 heterocycles. The van der Waals surface area contributed by atoms with E-state index in [9.17, 15) is 4.79 Å². The molecule has 0 bridgehead atoms. The molecule has 3 N–H and O–H groups in total. The number of carbonyl (C=O) groups excluding carboxylic acids is 1. The molecule has 0 aromatic rings. The lowest BCUT2D eigenvalue weighted by Gasteiger charge is -2.36. The van der Waals surface area contributed by atoms with E-state index in [1.807, 2.05) is 0 Å². The van der Waals surface area contributed by atoms with Crippen molar-refractivity contribution in [2.24, 2.45) is 5.73 Å². The van der Waals surface area contributed by atoms with E-state index in [1.54, 1.807) is 13.8 Å². The molecule has 1 saturated heterocycles. The number of rotatable bonds is 6. The number of halogens is 2. The monoisotopic (exact) mass is 327 g/mol. The second-order valence-electron chi connectivity index (χ2n) is 5.97. The lowest BCUT2D eigenvalue weighted by Crippen LogP contribution is -2.53. The van der Waals surface area contributed by atoms with Crippen molar-refractivity contribution in [2.75, 3.05) is 19.6 Å². The minimum atomic E-state index is -0.775. The van der Waals surface area contributed by atoms with Gasteiger partial charge in [-0.05, 0) is 46.2 Å². The Kier molecular flexibility index (Phi) is 11.9. The standard InChI is InChI=1S/C14H29N3O.2ClH/c1-4-5-9-17-10-7-6-8-12(17)11-16-13(18)14(2,3)15;;/h12H,4-11,15H2,1-3H3,(H,16,18);2*1H. The molecule has 0 aromatic carbocycles. The van der Waals surface area contributed by atoms with Crippen molar-refractivity contribution in [1.29, 1.82) is 0 Å². The Hall–Kier alpha value is -0.0300. The van der Waals surface area contributed by atoms with Crippen LogP contribution in [0.15, 0.2) is 0 Å². The average Bonchev–Trinajstić information content (AvgIpc) is 2.33. The number of piperidine rings is 1.